The van der Waals surface area contributed by atoms with E-state index in [0.717, 1.165) is 27.9 Å². The predicted molar refractivity (Wildman–Crippen MR) is 99.6 cm³/mol. The van der Waals surface area contributed by atoms with Crippen LogP contribution in [-0.4, -0.2) is 20.7 Å². The second-order valence-electron chi connectivity index (χ2n) is 6.29. The van der Waals surface area contributed by atoms with Crippen molar-refractivity contribution in [1.82, 2.24) is 14.6 Å². The number of rotatable bonds is 4. The number of fused-ring (bicyclic) bond motifs is 1. The van der Waals surface area contributed by atoms with Crippen LogP contribution >= 0.6 is 0 Å². The van der Waals surface area contributed by atoms with Crippen molar-refractivity contribution >= 4 is 5.52 Å². The van der Waals surface area contributed by atoms with Crippen molar-refractivity contribution < 1.29 is 9.13 Å². The Morgan fingerprint density at radius 3 is 2.35 bits per heavy atom. The van der Waals surface area contributed by atoms with Crippen LogP contribution in [0, 0.1) is 5.82 Å². The predicted octanol–water partition coefficient (Wildman–Crippen LogP) is 4.99. The molecule has 0 atom stereocenters. The van der Waals surface area contributed by atoms with Gasteiger partial charge in [0.2, 0.25) is 5.88 Å². The maximum absolute atomic E-state index is 13.4. The molecule has 1 aromatic carbocycles. The van der Waals surface area contributed by atoms with E-state index in [1.165, 1.54) is 12.1 Å². The van der Waals surface area contributed by atoms with E-state index >= 15 is 0 Å². The monoisotopic (exact) mass is 347 g/mol. The molecule has 4 aromatic rings. The van der Waals surface area contributed by atoms with Crippen molar-refractivity contribution in [3.05, 3.63) is 72.8 Å². The molecule has 0 saturated heterocycles. The highest BCUT2D eigenvalue weighted by molar-refractivity contribution is 5.92. The van der Waals surface area contributed by atoms with Gasteiger partial charge in [0.1, 0.15) is 11.5 Å². The molecule has 0 aliphatic carbocycles. The Morgan fingerprint density at radius 1 is 0.923 bits per heavy atom. The van der Waals surface area contributed by atoms with Crippen molar-refractivity contribution in [2.75, 3.05) is 0 Å². The van der Waals surface area contributed by atoms with Gasteiger partial charge in [-0.2, -0.15) is 9.61 Å². The molecule has 0 saturated carbocycles. The van der Waals surface area contributed by atoms with Crippen molar-refractivity contribution in [2.45, 2.75) is 20.0 Å². The summed E-state index contributed by atoms with van der Waals surface area (Å²) in [6.45, 7) is 3.96. The Balaban J connectivity index is 2.01. The molecule has 0 amide bonds. The van der Waals surface area contributed by atoms with Crippen LogP contribution < -0.4 is 4.74 Å². The lowest BCUT2D eigenvalue weighted by molar-refractivity contribution is 0.227. The minimum atomic E-state index is -0.271. The van der Waals surface area contributed by atoms with Crippen LogP contribution in [0.3, 0.4) is 0 Å². The Morgan fingerprint density at radius 2 is 1.65 bits per heavy atom. The second-order valence-corrected chi connectivity index (χ2v) is 6.29. The van der Waals surface area contributed by atoms with Gasteiger partial charge >= 0.3 is 0 Å². The average Bonchev–Trinajstić information content (AvgIpc) is 3.03. The number of ether oxygens (including phenoxy) is 1. The van der Waals surface area contributed by atoms with Crippen LogP contribution in [0.4, 0.5) is 4.39 Å². The summed E-state index contributed by atoms with van der Waals surface area (Å²) >= 11 is 0. The van der Waals surface area contributed by atoms with Crippen molar-refractivity contribution in [1.29, 1.82) is 0 Å². The first kappa shape index (κ1) is 16.3. The normalized spacial score (nSPS) is 11.2. The molecule has 0 spiro atoms. The third-order valence-electron chi connectivity index (χ3n) is 4.07. The SMILES string of the molecule is CC(C)Oc1cccc2c(-c3ccncc3)c(-c3ccc(F)cc3)nn12. The third-order valence-corrected chi connectivity index (χ3v) is 4.07. The zero-order valence-electron chi connectivity index (χ0n) is 14.6. The van der Waals surface area contributed by atoms with Gasteiger partial charge in [0.05, 0.1) is 11.6 Å². The molecule has 130 valence electrons. The average molecular weight is 347 g/mol. The molecule has 0 N–H and O–H groups in total. The van der Waals surface area contributed by atoms with Crippen molar-refractivity contribution in [3.8, 4) is 28.3 Å². The van der Waals surface area contributed by atoms with Crippen LogP contribution in [0.5, 0.6) is 5.88 Å². The summed E-state index contributed by atoms with van der Waals surface area (Å²) in [7, 11) is 0. The van der Waals surface area contributed by atoms with E-state index in [1.54, 1.807) is 29.0 Å². The van der Waals surface area contributed by atoms with Gasteiger partial charge in [-0.3, -0.25) is 4.98 Å². The summed E-state index contributed by atoms with van der Waals surface area (Å²) in [6, 6.07) is 16.1. The number of hydrogen-bond donors (Lipinski definition) is 0. The highest BCUT2D eigenvalue weighted by atomic mass is 19.1. The lowest BCUT2D eigenvalue weighted by Crippen LogP contribution is -2.09. The van der Waals surface area contributed by atoms with E-state index in [2.05, 4.69) is 4.98 Å². The standard InChI is InChI=1S/C21H18FN3O/c1-14(2)26-19-5-3-4-18-20(15-10-12-23-13-11-15)21(24-25(18)19)16-6-8-17(22)9-7-16/h3-14H,1-2H3. The molecule has 5 heteroatoms. The maximum Gasteiger partial charge on any atom is 0.215 e. The minimum absolute atomic E-state index is 0.0310. The first-order valence-corrected chi connectivity index (χ1v) is 8.48. The van der Waals surface area contributed by atoms with E-state index in [-0.39, 0.29) is 11.9 Å². The Labute approximate surface area is 150 Å². The third kappa shape index (κ3) is 2.92. The van der Waals surface area contributed by atoms with Crippen LogP contribution in [0.1, 0.15) is 13.8 Å². The van der Waals surface area contributed by atoms with Gasteiger partial charge in [-0.1, -0.05) is 6.07 Å². The van der Waals surface area contributed by atoms with Crippen LogP contribution in [0.2, 0.25) is 0 Å². The fourth-order valence-electron chi connectivity index (χ4n) is 2.99. The number of halogens is 1. The minimum Gasteiger partial charge on any atom is -0.475 e. The molecule has 4 nitrogen and oxygen atoms in total. The van der Waals surface area contributed by atoms with Gasteiger partial charge < -0.3 is 4.74 Å². The van der Waals surface area contributed by atoms with Gasteiger partial charge in [0, 0.05) is 29.6 Å². The van der Waals surface area contributed by atoms with Gasteiger partial charge in [-0.25, -0.2) is 4.39 Å². The van der Waals surface area contributed by atoms with Gasteiger partial charge in [-0.15, -0.1) is 0 Å². The number of pyridine rings is 2. The molecule has 26 heavy (non-hydrogen) atoms. The van der Waals surface area contributed by atoms with Crippen LogP contribution in [-0.2, 0) is 0 Å². The summed E-state index contributed by atoms with van der Waals surface area (Å²) < 4.78 is 21.1. The first-order chi connectivity index (χ1) is 12.6. The smallest absolute Gasteiger partial charge is 0.215 e. The Hall–Kier alpha value is -3.21. The largest absolute Gasteiger partial charge is 0.475 e. The first-order valence-electron chi connectivity index (χ1n) is 8.48. The molecular weight excluding hydrogens is 329 g/mol. The lowest BCUT2D eigenvalue weighted by Gasteiger charge is -2.10. The van der Waals surface area contributed by atoms with E-state index in [9.17, 15) is 4.39 Å². The zero-order chi connectivity index (χ0) is 18.1. The number of hydrogen-bond acceptors (Lipinski definition) is 3. The number of aromatic nitrogens is 3. The summed E-state index contributed by atoms with van der Waals surface area (Å²) in [4.78, 5) is 4.10. The zero-order valence-corrected chi connectivity index (χ0v) is 14.6. The quantitative estimate of drug-likeness (QED) is 0.522. The number of benzene rings is 1. The second kappa shape index (κ2) is 6.59. The fourth-order valence-corrected chi connectivity index (χ4v) is 2.99. The van der Waals surface area contributed by atoms with Gasteiger partial charge in [0.15, 0.2) is 0 Å². The highest BCUT2D eigenvalue weighted by Gasteiger charge is 2.18. The molecule has 0 aliphatic heterocycles. The summed E-state index contributed by atoms with van der Waals surface area (Å²) in [6.07, 6.45) is 3.53. The Bertz CT molecular complexity index is 1040. The summed E-state index contributed by atoms with van der Waals surface area (Å²) in [5, 5.41) is 4.79. The molecule has 4 rings (SSSR count). The van der Waals surface area contributed by atoms with E-state index in [1.807, 2.05) is 44.2 Å². The Kier molecular flexibility index (Phi) is 4.13. The topological polar surface area (TPSA) is 39.4 Å². The van der Waals surface area contributed by atoms with Crippen LogP contribution in [0.25, 0.3) is 27.9 Å². The summed E-state index contributed by atoms with van der Waals surface area (Å²) in [5.41, 5.74) is 4.51. The molecule has 3 heterocycles. The maximum atomic E-state index is 13.4. The fraction of sp³-hybridized carbons (Fsp3) is 0.143. The molecule has 0 unspecified atom stereocenters. The molecule has 0 radical (unpaired) electrons. The van der Waals surface area contributed by atoms with E-state index in [4.69, 9.17) is 9.84 Å². The number of nitrogens with zero attached hydrogens (tertiary/aromatic N) is 3. The van der Waals surface area contributed by atoms with E-state index in [0.29, 0.717) is 5.88 Å². The lowest BCUT2D eigenvalue weighted by atomic mass is 10.0. The molecule has 3 aromatic heterocycles. The molecule has 0 aliphatic rings. The van der Waals surface area contributed by atoms with Crippen molar-refractivity contribution in [2.24, 2.45) is 0 Å². The van der Waals surface area contributed by atoms with Crippen LogP contribution in [0.15, 0.2) is 67.0 Å². The summed E-state index contributed by atoms with van der Waals surface area (Å²) in [5.74, 6) is 0.396. The highest BCUT2D eigenvalue weighted by Crippen LogP contribution is 2.36. The molecular formula is C21H18FN3O. The molecule has 0 bridgehead atoms. The molecule has 0 fully saturated rings. The van der Waals surface area contributed by atoms with Gasteiger partial charge in [0.25, 0.3) is 0 Å². The van der Waals surface area contributed by atoms with Gasteiger partial charge in [-0.05, 0) is 61.9 Å². The van der Waals surface area contributed by atoms with Crippen molar-refractivity contribution in [3.63, 3.8) is 0 Å². The van der Waals surface area contributed by atoms with E-state index < -0.39 is 0 Å².